The highest BCUT2D eigenvalue weighted by atomic mass is 16.5. The van der Waals surface area contributed by atoms with Crippen molar-refractivity contribution in [2.24, 2.45) is 0 Å². The molecule has 26 heavy (non-hydrogen) atoms. The van der Waals surface area contributed by atoms with Crippen LogP contribution in [-0.4, -0.2) is 51.1 Å². The van der Waals surface area contributed by atoms with Crippen molar-refractivity contribution in [3.05, 3.63) is 54.2 Å². The zero-order valence-corrected chi connectivity index (χ0v) is 14.2. The van der Waals surface area contributed by atoms with Crippen LogP contribution < -0.4 is 4.74 Å². The predicted octanol–water partition coefficient (Wildman–Crippen LogP) is 2.16. The maximum absolute atomic E-state index is 12.6. The van der Waals surface area contributed by atoms with Gasteiger partial charge < -0.3 is 14.2 Å². The van der Waals surface area contributed by atoms with Crippen molar-refractivity contribution in [3.63, 3.8) is 0 Å². The van der Waals surface area contributed by atoms with Gasteiger partial charge in [0, 0.05) is 43.7 Å². The van der Waals surface area contributed by atoms with E-state index in [9.17, 15) is 4.79 Å². The quantitative estimate of drug-likeness (QED) is 0.711. The number of nitrogens with zero attached hydrogens (tertiary/aromatic N) is 5. The molecule has 3 aromatic rings. The van der Waals surface area contributed by atoms with Gasteiger partial charge in [-0.25, -0.2) is 4.98 Å². The molecule has 1 amide bonds. The Balaban J connectivity index is 1.45. The molecule has 0 spiro atoms. The van der Waals surface area contributed by atoms with Crippen LogP contribution in [0.4, 0.5) is 0 Å². The van der Waals surface area contributed by atoms with Crippen molar-refractivity contribution in [3.8, 4) is 17.3 Å². The lowest BCUT2D eigenvalue weighted by Crippen LogP contribution is -2.28. The van der Waals surface area contributed by atoms with Crippen molar-refractivity contribution in [2.75, 3.05) is 20.2 Å². The zero-order valence-electron chi connectivity index (χ0n) is 14.2. The fourth-order valence-electron chi connectivity index (χ4n) is 2.97. The molecule has 0 aromatic carbocycles. The Morgan fingerprint density at radius 3 is 2.96 bits per heavy atom. The smallest absolute Gasteiger partial charge is 0.259 e. The lowest BCUT2D eigenvalue weighted by atomic mass is 10.1. The van der Waals surface area contributed by atoms with Crippen molar-refractivity contribution in [1.29, 1.82) is 0 Å². The Kier molecular flexibility index (Phi) is 4.30. The first-order chi connectivity index (χ1) is 12.7. The molecular formula is C18H17N5O3. The second-order valence-corrected chi connectivity index (χ2v) is 6.03. The highest BCUT2D eigenvalue weighted by Gasteiger charge is 2.31. The van der Waals surface area contributed by atoms with Crippen LogP contribution in [0.1, 0.15) is 28.5 Å². The van der Waals surface area contributed by atoms with Gasteiger partial charge >= 0.3 is 0 Å². The van der Waals surface area contributed by atoms with Gasteiger partial charge in [-0.2, -0.15) is 4.98 Å². The lowest BCUT2D eigenvalue weighted by molar-refractivity contribution is 0.0790. The molecule has 0 aliphatic carbocycles. The number of likely N-dealkylation sites (tertiary alicyclic amines) is 1. The van der Waals surface area contributed by atoms with Gasteiger partial charge in [0.1, 0.15) is 0 Å². The number of amides is 1. The van der Waals surface area contributed by atoms with Crippen molar-refractivity contribution in [1.82, 2.24) is 25.0 Å². The summed E-state index contributed by atoms with van der Waals surface area (Å²) < 4.78 is 10.4. The first-order valence-corrected chi connectivity index (χ1v) is 8.28. The van der Waals surface area contributed by atoms with Crippen LogP contribution >= 0.6 is 0 Å². The van der Waals surface area contributed by atoms with Gasteiger partial charge in [-0.1, -0.05) is 5.16 Å². The topological polar surface area (TPSA) is 94.2 Å². The molecule has 4 rings (SSSR count). The van der Waals surface area contributed by atoms with E-state index < -0.39 is 0 Å². The number of pyridine rings is 2. The third kappa shape index (κ3) is 3.13. The molecule has 0 saturated carbocycles. The third-order valence-electron chi connectivity index (χ3n) is 4.38. The average molecular weight is 351 g/mol. The van der Waals surface area contributed by atoms with Crippen LogP contribution in [0, 0.1) is 0 Å². The highest BCUT2D eigenvalue weighted by Crippen LogP contribution is 2.28. The molecule has 1 fully saturated rings. The summed E-state index contributed by atoms with van der Waals surface area (Å²) in [5.74, 6) is 1.54. The highest BCUT2D eigenvalue weighted by molar-refractivity contribution is 5.94. The number of hydrogen-bond acceptors (Lipinski definition) is 7. The van der Waals surface area contributed by atoms with Gasteiger partial charge in [0.05, 0.1) is 18.2 Å². The van der Waals surface area contributed by atoms with E-state index in [-0.39, 0.29) is 11.8 Å². The Hall–Kier alpha value is -3.29. The van der Waals surface area contributed by atoms with Crippen molar-refractivity contribution < 1.29 is 14.1 Å². The van der Waals surface area contributed by atoms with E-state index in [2.05, 4.69) is 20.1 Å². The number of aromatic nitrogens is 4. The van der Waals surface area contributed by atoms with Crippen LogP contribution in [0.25, 0.3) is 11.5 Å². The fourth-order valence-corrected chi connectivity index (χ4v) is 2.97. The summed E-state index contributed by atoms with van der Waals surface area (Å²) >= 11 is 0. The second kappa shape index (κ2) is 6.91. The van der Waals surface area contributed by atoms with Crippen LogP contribution in [0.5, 0.6) is 5.88 Å². The Labute approximate surface area is 149 Å². The van der Waals surface area contributed by atoms with E-state index in [1.807, 2.05) is 12.1 Å². The summed E-state index contributed by atoms with van der Waals surface area (Å²) in [6.07, 6.45) is 5.69. The number of methoxy groups -OCH3 is 1. The molecule has 1 aliphatic heterocycles. The molecule has 0 N–H and O–H groups in total. The van der Waals surface area contributed by atoms with E-state index in [1.54, 1.807) is 36.5 Å². The number of hydrogen-bond donors (Lipinski definition) is 0. The summed E-state index contributed by atoms with van der Waals surface area (Å²) in [6.45, 7) is 1.20. The van der Waals surface area contributed by atoms with E-state index in [1.165, 1.54) is 6.20 Å². The molecule has 8 nitrogen and oxygen atoms in total. The third-order valence-corrected chi connectivity index (χ3v) is 4.38. The Morgan fingerprint density at radius 2 is 2.23 bits per heavy atom. The number of ether oxygens (including phenoxy) is 1. The first-order valence-electron chi connectivity index (χ1n) is 8.28. The standard InChI is InChI=1S/C18H17N5O3/c1-25-15-5-4-13(10-20-15)18(24)23-8-6-14(11-23)16-21-17(26-22-16)12-3-2-7-19-9-12/h2-5,7,9-10,14H,6,8,11H2,1H3. The average Bonchev–Trinajstić information content (AvgIpc) is 3.38. The molecule has 1 saturated heterocycles. The second-order valence-electron chi connectivity index (χ2n) is 6.03. The fraction of sp³-hybridized carbons (Fsp3) is 0.278. The van der Waals surface area contributed by atoms with E-state index >= 15 is 0 Å². The number of rotatable bonds is 4. The van der Waals surface area contributed by atoms with Gasteiger partial charge in [0.15, 0.2) is 5.82 Å². The van der Waals surface area contributed by atoms with Crippen LogP contribution in [0.15, 0.2) is 47.4 Å². The minimum Gasteiger partial charge on any atom is -0.481 e. The van der Waals surface area contributed by atoms with Gasteiger partial charge in [-0.05, 0) is 24.6 Å². The van der Waals surface area contributed by atoms with E-state index in [0.29, 0.717) is 36.2 Å². The van der Waals surface area contributed by atoms with Crippen molar-refractivity contribution in [2.45, 2.75) is 12.3 Å². The van der Waals surface area contributed by atoms with Gasteiger partial charge in [0.25, 0.3) is 11.8 Å². The van der Waals surface area contributed by atoms with E-state index in [4.69, 9.17) is 9.26 Å². The number of carbonyl (C=O) groups is 1. The molecule has 0 bridgehead atoms. The Bertz CT molecular complexity index is 895. The predicted molar refractivity (Wildman–Crippen MR) is 91.6 cm³/mol. The Morgan fingerprint density at radius 1 is 1.31 bits per heavy atom. The normalized spacial score (nSPS) is 16.7. The zero-order chi connectivity index (χ0) is 17.9. The molecule has 4 heterocycles. The number of carbonyl (C=O) groups excluding carboxylic acids is 1. The SMILES string of the molecule is COc1ccc(C(=O)N2CCC(c3noc(-c4cccnc4)n3)C2)cn1. The molecule has 8 heteroatoms. The minimum absolute atomic E-state index is 0.0549. The summed E-state index contributed by atoms with van der Waals surface area (Å²) in [4.78, 5) is 27.0. The van der Waals surface area contributed by atoms with Crippen LogP contribution in [0.2, 0.25) is 0 Å². The van der Waals surface area contributed by atoms with Gasteiger partial charge in [-0.15, -0.1) is 0 Å². The van der Waals surface area contributed by atoms with E-state index in [0.717, 1.165) is 12.0 Å². The summed E-state index contributed by atoms with van der Waals surface area (Å²) in [6, 6.07) is 7.08. The largest absolute Gasteiger partial charge is 0.481 e. The molecular weight excluding hydrogens is 334 g/mol. The maximum Gasteiger partial charge on any atom is 0.259 e. The molecule has 1 atom stereocenters. The molecule has 1 unspecified atom stereocenters. The summed E-state index contributed by atoms with van der Waals surface area (Å²) in [7, 11) is 1.54. The first kappa shape index (κ1) is 16.2. The molecule has 0 radical (unpaired) electrons. The van der Waals surface area contributed by atoms with Crippen LogP contribution in [0.3, 0.4) is 0 Å². The van der Waals surface area contributed by atoms with Crippen LogP contribution in [-0.2, 0) is 0 Å². The maximum atomic E-state index is 12.6. The molecule has 1 aliphatic rings. The van der Waals surface area contributed by atoms with Crippen molar-refractivity contribution >= 4 is 5.91 Å². The lowest BCUT2D eigenvalue weighted by Gasteiger charge is -2.15. The monoisotopic (exact) mass is 351 g/mol. The summed E-state index contributed by atoms with van der Waals surface area (Å²) in [5.41, 5.74) is 1.32. The van der Waals surface area contributed by atoms with Gasteiger partial charge in [0.2, 0.25) is 5.88 Å². The molecule has 132 valence electrons. The molecule has 3 aromatic heterocycles. The van der Waals surface area contributed by atoms with Gasteiger partial charge in [-0.3, -0.25) is 9.78 Å². The minimum atomic E-state index is -0.0568. The summed E-state index contributed by atoms with van der Waals surface area (Å²) in [5, 5.41) is 4.08.